The molecule has 1 aliphatic rings. The molecular formula is C22H28N2O5S. The van der Waals surface area contributed by atoms with Crippen molar-refractivity contribution < 1.29 is 22.7 Å². The van der Waals surface area contributed by atoms with Crippen molar-refractivity contribution in [2.75, 3.05) is 23.7 Å². The number of amides is 1. The second kappa shape index (κ2) is 8.95. The lowest BCUT2D eigenvalue weighted by Crippen LogP contribution is -2.28. The SMILES string of the molecule is COc1cc(C(C)NC(=O)c2cccc(N3CCCS3(=O)=O)c2)ccc1OC(C)C. The summed E-state index contributed by atoms with van der Waals surface area (Å²) in [7, 11) is -1.72. The highest BCUT2D eigenvalue weighted by Crippen LogP contribution is 2.31. The molecule has 1 saturated heterocycles. The van der Waals surface area contributed by atoms with Crippen molar-refractivity contribution in [3.8, 4) is 11.5 Å². The molecule has 0 aliphatic carbocycles. The minimum atomic E-state index is -3.29. The summed E-state index contributed by atoms with van der Waals surface area (Å²) in [6.07, 6.45) is 0.613. The van der Waals surface area contributed by atoms with Gasteiger partial charge < -0.3 is 14.8 Å². The summed E-state index contributed by atoms with van der Waals surface area (Å²) in [5.41, 5.74) is 1.80. The Morgan fingerprint density at radius 3 is 2.50 bits per heavy atom. The van der Waals surface area contributed by atoms with E-state index in [1.165, 1.54) is 4.31 Å². The van der Waals surface area contributed by atoms with Crippen molar-refractivity contribution in [3.63, 3.8) is 0 Å². The fourth-order valence-electron chi connectivity index (χ4n) is 3.40. The first-order chi connectivity index (χ1) is 14.2. The molecule has 162 valence electrons. The Balaban J connectivity index is 1.75. The average molecular weight is 433 g/mol. The smallest absolute Gasteiger partial charge is 0.251 e. The number of rotatable bonds is 7. The van der Waals surface area contributed by atoms with Gasteiger partial charge in [-0.25, -0.2) is 8.42 Å². The Hall–Kier alpha value is -2.74. The maximum absolute atomic E-state index is 12.8. The average Bonchev–Trinajstić information content (AvgIpc) is 3.06. The van der Waals surface area contributed by atoms with Crippen LogP contribution in [-0.4, -0.2) is 39.8 Å². The fraction of sp³-hybridized carbons (Fsp3) is 0.409. The van der Waals surface area contributed by atoms with Gasteiger partial charge in [0.1, 0.15) is 0 Å². The second-order valence-electron chi connectivity index (χ2n) is 7.56. The molecule has 2 aromatic carbocycles. The molecule has 1 unspecified atom stereocenters. The quantitative estimate of drug-likeness (QED) is 0.724. The predicted molar refractivity (Wildman–Crippen MR) is 117 cm³/mol. The van der Waals surface area contributed by atoms with E-state index in [1.807, 2.05) is 39.0 Å². The fourth-order valence-corrected chi connectivity index (χ4v) is 4.96. The Morgan fingerprint density at radius 1 is 1.10 bits per heavy atom. The number of hydrogen-bond donors (Lipinski definition) is 1. The molecule has 0 aromatic heterocycles. The molecule has 1 fully saturated rings. The van der Waals surface area contributed by atoms with Gasteiger partial charge >= 0.3 is 0 Å². The van der Waals surface area contributed by atoms with Gasteiger partial charge in [0, 0.05) is 12.1 Å². The van der Waals surface area contributed by atoms with Gasteiger partial charge in [-0.05, 0) is 63.1 Å². The van der Waals surface area contributed by atoms with E-state index in [9.17, 15) is 13.2 Å². The molecule has 0 saturated carbocycles. The molecule has 30 heavy (non-hydrogen) atoms. The van der Waals surface area contributed by atoms with Crippen molar-refractivity contribution in [2.24, 2.45) is 0 Å². The lowest BCUT2D eigenvalue weighted by molar-refractivity contribution is 0.0940. The van der Waals surface area contributed by atoms with Crippen LogP contribution in [0, 0.1) is 0 Å². The minimum absolute atomic E-state index is 0.0218. The number of nitrogens with zero attached hydrogens (tertiary/aromatic N) is 1. The molecule has 0 spiro atoms. The number of carbonyl (C=O) groups is 1. The van der Waals surface area contributed by atoms with Crippen molar-refractivity contribution in [1.29, 1.82) is 0 Å². The number of nitrogens with one attached hydrogen (secondary N) is 1. The summed E-state index contributed by atoms with van der Waals surface area (Å²) < 4.78 is 36.8. The first kappa shape index (κ1) is 22.0. The van der Waals surface area contributed by atoms with E-state index in [0.717, 1.165) is 5.56 Å². The lowest BCUT2D eigenvalue weighted by atomic mass is 10.1. The van der Waals surface area contributed by atoms with Crippen molar-refractivity contribution in [2.45, 2.75) is 39.3 Å². The van der Waals surface area contributed by atoms with Crippen LogP contribution in [0.2, 0.25) is 0 Å². The molecule has 1 atom stereocenters. The minimum Gasteiger partial charge on any atom is -0.493 e. The number of carbonyl (C=O) groups excluding carboxylic acids is 1. The Kier molecular flexibility index (Phi) is 6.55. The van der Waals surface area contributed by atoms with Gasteiger partial charge in [-0.15, -0.1) is 0 Å². The number of methoxy groups -OCH3 is 1. The largest absolute Gasteiger partial charge is 0.493 e. The van der Waals surface area contributed by atoms with Gasteiger partial charge in [-0.1, -0.05) is 12.1 Å². The van der Waals surface area contributed by atoms with Crippen LogP contribution in [0.5, 0.6) is 11.5 Å². The highest BCUT2D eigenvalue weighted by molar-refractivity contribution is 7.93. The number of sulfonamides is 1. The van der Waals surface area contributed by atoms with Crippen LogP contribution < -0.4 is 19.1 Å². The Bertz CT molecular complexity index is 1020. The summed E-state index contributed by atoms with van der Waals surface area (Å²) in [4.78, 5) is 12.8. The summed E-state index contributed by atoms with van der Waals surface area (Å²) in [5, 5.41) is 2.96. The van der Waals surface area contributed by atoms with Crippen LogP contribution in [0.15, 0.2) is 42.5 Å². The molecule has 1 amide bonds. The van der Waals surface area contributed by atoms with E-state index in [1.54, 1.807) is 31.4 Å². The molecule has 1 heterocycles. The third-order valence-corrected chi connectivity index (χ3v) is 6.76. The molecule has 0 bridgehead atoms. The lowest BCUT2D eigenvalue weighted by Gasteiger charge is -2.19. The standard InChI is InChI=1S/C22H28N2O5S/c1-15(2)29-20-10-9-17(14-21(20)28-4)16(3)23-22(25)18-7-5-8-19(13-18)24-11-6-12-30(24,26)27/h5,7-10,13-16H,6,11-12H2,1-4H3,(H,23,25). The van der Waals surface area contributed by atoms with E-state index in [0.29, 0.717) is 35.7 Å². The monoisotopic (exact) mass is 432 g/mol. The van der Waals surface area contributed by atoms with Gasteiger partial charge in [0.05, 0.1) is 30.7 Å². The van der Waals surface area contributed by atoms with E-state index in [-0.39, 0.29) is 23.8 Å². The normalized spacial score (nSPS) is 16.4. The number of hydrogen-bond acceptors (Lipinski definition) is 5. The number of benzene rings is 2. The van der Waals surface area contributed by atoms with Crippen LogP contribution in [0.3, 0.4) is 0 Å². The van der Waals surface area contributed by atoms with Crippen molar-refractivity contribution in [1.82, 2.24) is 5.32 Å². The molecule has 1 N–H and O–H groups in total. The predicted octanol–water partition coefficient (Wildman–Crippen LogP) is 3.51. The van der Waals surface area contributed by atoms with Crippen LogP contribution in [0.4, 0.5) is 5.69 Å². The zero-order valence-electron chi connectivity index (χ0n) is 17.7. The third-order valence-electron chi connectivity index (χ3n) is 4.89. The zero-order chi connectivity index (χ0) is 21.9. The summed E-state index contributed by atoms with van der Waals surface area (Å²) in [6, 6.07) is 12.0. The molecule has 7 nitrogen and oxygen atoms in total. The summed E-state index contributed by atoms with van der Waals surface area (Å²) in [6.45, 7) is 6.20. The molecule has 8 heteroatoms. The maximum atomic E-state index is 12.8. The maximum Gasteiger partial charge on any atom is 0.251 e. The number of anilines is 1. The van der Waals surface area contributed by atoms with Gasteiger partial charge in [-0.2, -0.15) is 0 Å². The Labute approximate surface area is 178 Å². The van der Waals surface area contributed by atoms with Crippen molar-refractivity contribution in [3.05, 3.63) is 53.6 Å². The van der Waals surface area contributed by atoms with E-state index < -0.39 is 10.0 Å². The summed E-state index contributed by atoms with van der Waals surface area (Å²) in [5.74, 6) is 1.11. The van der Waals surface area contributed by atoms with E-state index >= 15 is 0 Å². The van der Waals surface area contributed by atoms with Crippen LogP contribution in [0.1, 0.15) is 49.2 Å². The highest BCUT2D eigenvalue weighted by atomic mass is 32.2. The molecule has 1 aliphatic heterocycles. The molecular weight excluding hydrogens is 404 g/mol. The third kappa shape index (κ3) is 4.87. The van der Waals surface area contributed by atoms with E-state index in [2.05, 4.69) is 5.32 Å². The van der Waals surface area contributed by atoms with Crippen molar-refractivity contribution >= 4 is 21.6 Å². The summed E-state index contributed by atoms with van der Waals surface area (Å²) >= 11 is 0. The van der Waals surface area contributed by atoms with Gasteiger partial charge in [0.25, 0.3) is 5.91 Å². The van der Waals surface area contributed by atoms with Crippen LogP contribution in [0.25, 0.3) is 0 Å². The first-order valence-corrected chi connectivity index (χ1v) is 11.6. The highest BCUT2D eigenvalue weighted by Gasteiger charge is 2.28. The van der Waals surface area contributed by atoms with E-state index in [4.69, 9.17) is 9.47 Å². The van der Waals surface area contributed by atoms with Gasteiger partial charge in [0.15, 0.2) is 11.5 Å². The van der Waals surface area contributed by atoms with Crippen LogP contribution in [-0.2, 0) is 10.0 Å². The van der Waals surface area contributed by atoms with Gasteiger partial charge in [0.2, 0.25) is 10.0 Å². The number of ether oxygens (including phenoxy) is 2. The zero-order valence-corrected chi connectivity index (χ0v) is 18.5. The molecule has 3 rings (SSSR count). The topological polar surface area (TPSA) is 84.9 Å². The first-order valence-electron chi connectivity index (χ1n) is 9.97. The van der Waals surface area contributed by atoms with Crippen LogP contribution >= 0.6 is 0 Å². The van der Waals surface area contributed by atoms with Gasteiger partial charge in [-0.3, -0.25) is 9.10 Å². The molecule has 0 radical (unpaired) electrons. The molecule has 2 aromatic rings. The Morgan fingerprint density at radius 2 is 1.87 bits per heavy atom. The second-order valence-corrected chi connectivity index (χ2v) is 9.58.